The lowest BCUT2D eigenvalue weighted by Crippen LogP contribution is -2.11. The van der Waals surface area contributed by atoms with Crippen LogP contribution in [-0.2, 0) is 20.7 Å². The topological polar surface area (TPSA) is 114 Å². The molecule has 3 aromatic rings. The van der Waals surface area contributed by atoms with Crippen LogP contribution in [0.15, 0.2) is 91.0 Å². The molecule has 0 aliphatic rings. The Kier molecular flexibility index (Phi) is 13.1. The van der Waals surface area contributed by atoms with Crippen molar-refractivity contribution in [3.8, 4) is 23.0 Å². The number of carbonyl (C=O) groups is 4. The summed E-state index contributed by atoms with van der Waals surface area (Å²) in [6.07, 6.45) is 4.03. The van der Waals surface area contributed by atoms with E-state index in [0.717, 1.165) is 25.7 Å². The van der Waals surface area contributed by atoms with E-state index in [-0.39, 0.29) is 22.9 Å². The minimum absolute atomic E-state index is 0.263. The van der Waals surface area contributed by atoms with Crippen molar-refractivity contribution in [2.24, 2.45) is 0 Å². The van der Waals surface area contributed by atoms with E-state index < -0.39 is 17.9 Å². The predicted octanol–water partition coefficient (Wildman–Crippen LogP) is 7.23. The second kappa shape index (κ2) is 17.2. The third-order valence-corrected chi connectivity index (χ3v) is 6.45. The van der Waals surface area contributed by atoms with Gasteiger partial charge in [0.25, 0.3) is 0 Å². The van der Waals surface area contributed by atoms with Crippen molar-refractivity contribution in [2.75, 3.05) is 13.2 Å². The van der Waals surface area contributed by atoms with Crippen molar-refractivity contribution in [3.05, 3.63) is 108 Å². The quantitative estimate of drug-likeness (QED) is 0.0713. The van der Waals surface area contributed by atoms with E-state index in [0.29, 0.717) is 53.6 Å². The van der Waals surface area contributed by atoms with Gasteiger partial charge in [-0.05, 0) is 118 Å². The fourth-order valence-corrected chi connectivity index (χ4v) is 3.90. The molecule has 0 N–H and O–H groups in total. The first-order valence-corrected chi connectivity index (χ1v) is 14.7. The number of unbranched alkanes of at least 4 members (excludes halogenated alkanes) is 3. The predicted molar refractivity (Wildman–Crippen MR) is 169 cm³/mol. The number of esters is 4. The first-order chi connectivity index (χ1) is 21.6. The standard InChI is InChI=1S/C36H38O9/c1-6-26-23-31(44-35(39)27-13-17-30(18-14-27)43-34(38)25(4)5)19-20-32(26)45-36(40)28-11-15-29(16-12-28)41-21-9-7-8-10-22-42-33(37)24(2)3/h11-20,23H,2,4,6-10,21-22H2,1,3,5H3. The van der Waals surface area contributed by atoms with Gasteiger partial charge in [0.1, 0.15) is 23.0 Å². The SMILES string of the molecule is C=C(C)C(=O)OCCCCCCOc1ccc(C(=O)Oc2ccc(OC(=O)c3ccc(OC(=O)C(=C)C)cc3)cc2CC)cc1. The summed E-state index contributed by atoms with van der Waals surface area (Å²) in [7, 11) is 0. The van der Waals surface area contributed by atoms with Gasteiger partial charge in [-0.3, -0.25) is 0 Å². The molecule has 3 aromatic carbocycles. The molecule has 0 saturated heterocycles. The van der Waals surface area contributed by atoms with Crippen LogP contribution >= 0.6 is 0 Å². The summed E-state index contributed by atoms with van der Waals surface area (Å²) < 4.78 is 27.1. The maximum Gasteiger partial charge on any atom is 0.343 e. The maximum absolute atomic E-state index is 12.8. The molecule has 0 spiro atoms. The zero-order chi connectivity index (χ0) is 32.8. The number of hydrogen-bond donors (Lipinski definition) is 0. The van der Waals surface area contributed by atoms with Crippen LogP contribution in [-0.4, -0.2) is 37.1 Å². The molecular weight excluding hydrogens is 576 g/mol. The fraction of sp³-hybridized carbons (Fsp3) is 0.278. The van der Waals surface area contributed by atoms with Gasteiger partial charge in [0.15, 0.2) is 0 Å². The van der Waals surface area contributed by atoms with Crippen molar-refractivity contribution in [2.45, 2.75) is 52.9 Å². The van der Waals surface area contributed by atoms with Gasteiger partial charge in [-0.25, -0.2) is 19.2 Å². The molecule has 0 aliphatic carbocycles. The lowest BCUT2D eigenvalue weighted by atomic mass is 10.1. The minimum Gasteiger partial charge on any atom is -0.494 e. The van der Waals surface area contributed by atoms with E-state index in [2.05, 4.69) is 13.2 Å². The van der Waals surface area contributed by atoms with E-state index in [4.69, 9.17) is 23.7 Å². The van der Waals surface area contributed by atoms with Gasteiger partial charge in [0.2, 0.25) is 0 Å². The van der Waals surface area contributed by atoms with Crippen LogP contribution in [0.5, 0.6) is 23.0 Å². The highest BCUT2D eigenvalue weighted by atomic mass is 16.5. The molecular formula is C36H38O9. The molecule has 0 fully saturated rings. The normalized spacial score (nSPS) is 10.4. The van der Waals surface area contributed by atoms with E-state index in [1.165, 1.54) is 24.3 Å². The average Bonchev–Trinajstić information content (AvgIpc) is 3.03. The summed E-state index contributed by atoms with van der Waals surface area (Å²) in [5.41, 5.74) is 1.98. The molecule has 9 heteroatoms. The van der Waals surface area contributed by atoms with Gasteiger partial charge < -0.3 is 23.7 Å². The Bertz CT molecular complexity index is 1520. The Hall–Kier alpha value is -5.18. The largest absolute Gasteiger partial charge is 0.494 e. The van der Waals surface area contributed by atoms with Crippen LogP contribution in [0.1, 0.15) is 72.7 Å². The van der Waals surface area contributed by atoms with Crippen LogP contribution in [0, 0.1) is 0 Å². The second-order valence-electron chi connectivity index (χ2n) is 10.3. The highest BCUT2D eigenvalue weighted by Gasteiger charge is 2.15. The van der Waals surface area contributed by atoms with Crippen molar-refractivity contribution >= 4 is 23.9 Å². The van der Waals surface area contributed by atoms with Crippen molar-refractivity contribution < 1.29 is 42.9 Å². The van der Waals surface area contributed by atoms with Crippen LogP contribution in [0.25, 0.3) is 0 Å². The Morgan fingerprint density at radius 1 is 0.600 bits per heavy atom. The Morgan fingerprint density at radius 3 is 1.71 bits per heavy atom. The Balaban J connectivity index is 1.46. The van der Waals surface area contributed by atoms with E-state index in [1.807, 2.05) is 6.92 Å². The molecule has 9 nitrogen and oxygen atoms in total. The van der Waals surface area contributed by atoms with Gasteiger partial charge >= 0.3 is 23.9 Å². The van der Waals surface area contributed by atoms with E-state index in [1.54, 1.807) is 56.3 Å². The molecule has 0 aromatic heterocycles. The van der Waals surface area contributed by atoms with E-state index in [9.17, 15) is 19.2 Å². The molecule has 236 valence electrons. The maximum atomic E-state index is 12.8. The lowest BCUT2D eigenvalue weighted by Gasteiger charge is -2.12. The van der Waals surface area contributed by atoms with Gasteiger partial charge in [-0.15, -0.1) is 0 Å². The second-order valence-corrected chi connectivity index (χ2v) is 10.3. The molecule has 0 atom stereocenters. The van der Waals surface area contributed by atoms with Crippen LogP contribution in [0.2, 0.25) is 0 Å². The van der Waals surface area contributed by atoms with Gasteiger partial charge in [-0.2, -0.15) is 0 Å². The van der Waals surface area contributed by atoms with Crippen molar-refractivity contribution in [1.29, 1.82) is 0 Å². The monoisotopic (exact) mass is 614 g/mol. The summed E-state index contributed by atoms with van der Waals surface area (Å²) in [5, 5.41) is 0. The highest BCUT2D eigenvalue weighted by molar-refractivity contribution is 5.93. The molecule has 0 bridgehead atoms. The molecule has 0 amide bonds. The third-order valence-electron chi connectivity index (χ3n) is 6.45. The van der Waals surface area contributed by atoms with Crippen molar-refractivity contribution in [3.63, 3.8) is 0 Å². The lowest BCUT2D eigenvalue weighted by molar-refractivity contribution is -0.139. The third kappa shape index (κ3) is 11.1. The van der Waals surface area contributed by atoms with E-state index >= 15 is 0 Å². The summed E-state index contributed by atoms with van der Waals surface area (Å²) >= 11 is 0. The van der Waals surface area contributed by atoms with Crippen LogP contribution in [0.4, 0.5) is 0 Å². The zero-order valence-corrected chi connectivity index (χ0v) is 25.9. The zero-order valence-electron chi connectivity index (χ0n) is 25.9. The summed E-state index contributed by atoms with van der Waals surface area (Å²) in [6.45, 7) is 13.1. The Labute approximate surface area is 263 Å². The summed E-state index contributed by atoms with van der Waals surface area (Å²) in [6, 6.07) is 17.5. The minimum atomic E-state index is -0.594. The number of aryl methyl sites for hydroxylation is 1. The summed E-state index contributed by atoms with van der Waals surface area (Å²) in [5.74, 6) is -0.456. The molecule has 0 unspecified atom stereocenters. The molecule has 0 saturated carbocycles. The number of ether oxygens (including phenoxy) is 5. The van der Waals surface area contributed by atoms with Crippen molar-refractivity contribution in [1.82, 2.24) is 0 Å². The first kappa shape index (κ1) is 34.3. The van der Waals surface area contributed by atoms with Gasteiger partial charge in [-0.1, -0.05) is 20.1 Å². The fourth-order valence-electron chi connectivity index (χ4n) is 3.90. The van der Waals surface area contributed by atoms with Gasteiger partial charge in [0.05, 0.1) is 24.3 Å². The van der Waals surface area contributed by atoms with Crippen LogP contribution < -0.4 is 18.9 Å². The number of rotatable bonds is 16. The molecule has 3 rings (SSSR count). The van der Waals surface area contributed by atoms with Gasteiger partial charge in [0, 0.05) is 11.1 Å². The molecule has 45 heavy (non-hydrogen) atoms. The Morgan fingerprint density at radius 2 is 1.13 bits per heavy atom. The first-order valence-electron chi connectivity index (χ1n) is 14.7. The average molecular weight is 615 g/mol. The highest BCUT2D eigenvalue weighted by Crippen LogP contribution is 2.27. The summed E-state index contributed by atoms with van der Waals surface area (Å²) in [4.78, 5) is 48.5. The smallest absolute Gasteiger partial charge is 0.343 e. The molecule has 0 aliphatic heterocycles. The van der Waals surface area contributed by atoms with Crippen LogP contribution in [0.3, 0.4) is 0 Å². The molecule has 0 radical (unpaired) electrons. The molecule has 0 heterocycles. The number of hydrogen-bond acceptors (Lipinski definition) is 9. The number of benzene rings is 3. The number of carbonyl (C=O) groups excluding carboxylic acids is 4.